The monoisotopic (exact) mass is 339 g/mol. The molecule has 23 heavy (non-hydrogen) atoms. The zero-order chi connectivity index (χ0) is 16.4. The number of aromatic nitrogens is 4. The highest BCUT2D eigenvalue weighted by Crippen LogP contribution is 2.57. The number of hydrogen-bond acceptors (Lipinski definition) is 8. The number of imidazole rings is 1. The van der Waals surface area contributed by atoms with Crippen LogP contribution in [0.3, 0.4) is 0 Å². The minimum atomic E-state index is -1.10. The van der Waals surface area contributed by atoms with Crippen LogP contribution in [0.1, 0.15) is 24.6 Å². The SMILES string of the molecule is Nc1nc2c(ncn2[C@@H]2S[C@]3(CCC[C@@H]3O)[C@@H](O)[C@H]2O)c(=O)[nH]1. The van der Waals surface area contributed by atoms with Crippen molar-refractivity contribution in [1.82, 2.24) is 19.5 Å². The van der Waals surface area contributed by atoms with E-state index in [0.717, 1.165) is 6.42 Å². The average molecular weight is 339 g/mol. The van der Waals surface area contributed by atoms with Crippen LogP contribution in [-0.2, 0) is 0 Å². The molecule has 1 saturated carbocycles. The van der Waals surface area contributed by atoms with Crippen LogP contribution >= 0.6 is 11.8 Å². The quantitative estimate of drug-likeness (QED) is 0.442. The third-order valence-electron chi connectivity index (χ3n) is 4.79. The number of H-pyrrole nitrogens is 1. The number of anilines is 1. The van der Waals surface area contributed by atoms with Gasteiger partial charge in [0.1, 0.15) is 11.5 Å². The van der Waals surface area contributed by atoms with Gasteiger partial charge in [0.15, 0.2) is 11.2 Å². The lowest BCUT2D eigenvalue weighted by Crippen LogP contribution is -2.46. The summed E-state index contributed by atoms with van der Waals surface area (Å²) >= 11 is 1.31. The van der Waals surface area contributed by atoms with Crippen molar-refractivity contribution in [3.63, 3.8) is 0 Å². The van der Waals surface area contributed by atoms with Gasteiger partial charge in [-0.25, -0.2) is 4.98 Å². The van der Waals surface area contributed by atoms with E-state index in [1.165, 1.54) is 18.1 Å². The molecule has 2 aromatic heterocycles. The fourth-order valence-electron chi connectivity index (χ4n) is 3.62. The Morgan fingerprint density at radius 3 is 2.91 bits per heavy atom. The number of aliphatic hydroxyl groups excluding tert-OH is 3. The Labute approximate surface area is 134 Å². The zero-order valence-electron chi connectivity index (χ0n) is 12.1. The average Bonchev–Trinajstić information content (AvgIpc) is 3.14. The predicted octanol–water partition coefficient (Wildman–Crippen LogP) is -1.05. The maximum atomic E-state index is 11.9. The van der Waals surface area contributed by atoms with E-state index in [0.29, 0.717) is 12.8 Å². The van der Waals surface area contributed by atoms with Crippen LogP contribution in [-0.4, -0.2) is 57.9 Å². The van der Waals surface area contributed by atoms with Gasteiger partial charge < -0.3 is 21.1 Å². The molecule has 0 unspecified atom stereocenters. The number of hydrogen-bond donors (Lipinski definition) is 5. The summed E-state index contributed by atoms with van der Waals surface area (Å²) < 4.78 is 0.743. The number of nitrogens with two attached hydrogens (primary N) is 1. The number of aliphatic hydroxyl groups is 3. The number of fused-ring (bicyclic) bond motifs is 1. The molecular formula is C13H17N5O4S. The lowest BCUT2D eigenvalue weighted by atomic mass is 9.94. The first-order valence-electron chi connectivity index (χ1n) is 7.38. The van der Waals surface area contributed by atoms with E-state index in [-0.39, 0.29) is 17.1 Å². The molecule has 124 valence electrons. The molecule has 2 fully saturated rings. The third-order valence-corrected chi connectivity index (χ3v) is 6.69. The van der Waals surface area contributed by atoms with Crippen molar-refractivity contribution < 1.29 is 15.3 Å². The van der Waals surface area contributed by atoms with Gasteiger partial charge >= 0.3 is 0 Å². The Kier molecular flexibility index (Phi) is 3.21. The summed E-state index contributed by atoms with van der Waals surface area (Å²) in [4.78, 5) is 22.4. The third kappa shape index (κ3) is 1.95. The standard InChI is InChI=1S/C13H17N5O4S/c14-12-16-9-6(10(22)17-12)15-4-18(9)11-7(20)8(21)13(23-11)3-1-2-5(13)19/h4-5,7-8,11,19-21H,1-3H2,(H3,14,16,17,22)/t5-,7+,8-,11+,13-/m0/s1. The second kappa shape index (κ2) is 4.94. The highest BCUT2D eigenvalue weighted by Gasteiger charge is 2.59. The summed E-state index contributed by atoms with van der Waals surface area (Å²) in [6.07, 6.45) is 0.563. The van der Waals surface area contributed by atoms with Crippen molar-refractivity contribution in [2.24, 2.45) is 0 Å². The number of thioether (sulfide) groups is 1. The molecule has 2 aromatic rings. The molecule has 3 heterocycles. The highest BCUT2D eigenvalue weighted by molar-refractivity contribution is 8.01. The predicted molar refractivity (Wildman–Crippen MR) is 83.8 cm³/mol. The molecule has 9 nitrogen and oxygen atoms in total. The maximum absolute atomic E-state index is 11.9. The van der Waals surface area contributed by atoms with E-state index in [4.69, 9.17) is 5.73 Å². The molecule has 10 heteroatoms. The smallest absolute Gasteiger partial charge is 0.280 e. The van der Waals surface area contributed by atoms with E-state index in [1.807, 2.05) is 0 Å². The van der Waals surface area contributed by atoms with Gasteiger partial charge in [0.25, 0.3) is 5.56 Å². The molecule has 1 aliphatic carbocycles. The first-order chi connectivity index (χ1) is 10.9. The van der Waals surface area contributed by atoms with E-state index in [1.54, 1.807) is 4.57 Å². The molecule has 6 N–H and O–H groups in total. The topological polar surface area (TPSA) is 150 Å². The summed E-state index contributed by atoms with van der Waals surface area (Å²) in [5, 5.41) is 30.7. The van der Waals surface area contributed by atoms with Crippen LogP contribution < -0.4 is 11.3 Å². The van der Waals surface area contributed by atoms with Gasteiger partial charge in [0.05, 0.1) is 23.3 Å². The van der Waals surface area contributed by atoms with Crippen LogP contribution in [0.15, 0.2) is 11.1 Å². The van der Waals surface area contributed by atoms with Crippen LogP contribution in [0.4, 0.5) is 5.95 Å². The number of aromatic amines is 1. The summed E-state index contributed by atoms with van der Waals surface area (Å²) in [6.45, 7) is 0. The summed E-state index contributed by atoms with van der Waals surface area (Å²) in [6, 6.07) is 0. The number of nitrogen functional groups attached to an aromatic ring is 1. The van der Waals surface area contributed by atoms with Crippen molar-refractivity contribution in [1.29, 1.82) is 0 Å². The fourth-order valence-corrected chi connectivity index (χ4v) is 5.45. The van der Waals surface area contributed by atoms with E-state index >= 15 is 0 Å². The Hall–Kier alpha value is -1.62. The molecule has 1 aliphatic heterocycles. The molecule has 5 atom stereocenters. The first-order valence-corrected chi connectivity index (χ1v) is 8.26. The minimum Gasteiger partial charge on any atom is -0.392 e. The molecule has 0 radical (unpaired) electrons. The van der Waals surface area contributed by atoms with Crippen LogP contribution in [0.2, 0.25) is 0 Å². The van der Waals surface area contributed by atoms with Crippen molar-refractivity contribution in [3.05, 3.63) is 16.7 Å². The Bertz CT molecular complexity index is 822. The maximum Gasteiger partial charge on any atom is 0.280 e. The molecule has 0 bridgehead atoms. The molecule has 2 aliphatic rings. The summed E-state index contributed by atoms with van der Waals surface area (Å²) in [5.74, 6) is -0.0436. The highest BCUT2D eigenvalue weighted by atomic mass is 32.2. The summed E-state index contributed by atoms with van der Waals surface area (Å²) in [5.41, 5.74) is 5.50. The lowest BCUT2D eigenvalue weighted by molar-refractivity contribution is -0.0251. The van der Waals surface area contributed by atoms with Crippen molar-refractivity contribution >= 4 is 28.9 Å². The Morgan fingerprint density at radius 1 is 1.43 bits per heavy atom. The normalized spacial score (nSPS) is 37.2. The van der Waals surface area contributed by atoms with Gasteiger partial charge in [0.2, 0.25) is 5.95 Å². The molecular weight excluding hydrogens is 322 g/mol. The van der Waals surface area contributed by atoms with Crippen molar-refractivity contribution in [3.8, 4) is 0 Å². The Balaban J connectivity index is 1.81. The van der Waals surface area contributed by atoms with Gasteiger partial charge in [-0.2, -0.15) is 4.98 Å². The molecule has 0 amide bonds. The van der Waals surface area contributed by atoms with Crippen molar-refractivity contribution in [2.45, 2.75) is 47.7 Å². The van der Waals surface area contributed by atoms with Gasteiger partial charge in [0, 0.05) is 0 Å². The van der Waals surface area contributed by atoms with Gasteiger partial charge in [-0.1, -0.05) is 0 Å². The van der Waals surface area contributed by atoms with Crippen LogP contribution in [0.5, 0.6) is 0 Å². The first kappa shape index (κ1) is 14.9. The van der Waals surface area contributed by atoms with Crippen LogP contribution in [0.25, 0.3) is 11.2 Å². The number of rotatable bonds is 1. The second-order valence-corrected chi connectivity index (χ2v) is 7.56. The van der Waals surface area contributed by atoms with Gasteiger partial charge in [-0.15, -0.1) is 11.8 Å². The molecule has 1 saturated heterocycles. The largest absolute Gasteiger partial charge is 0.392 e. The number of nitrogens with one attached hydrogen (secondary N) is 1. The van der Waals surface area contributed by atoms with Crippen LogP contribution in [0, 0.1) is 0 Å². The van der Waals surface area contributed by atoms with E-state index in [9.17, 15) is 20.1 Å². The molecule has 4 rings (SSSR count). The Morgan fingerprint density at radius 2 is 2.22 bits per heavy atom. The van der Waals surface area contributed by atoms with E-state index in [2.05, 4.69) is 15.0 Å². The summed E-state index contributed by atoms with van der Waals surface area (Å²) in [7, 11) is 0. The zero-order valence-corrected chi connectivity index (χ0v) is 12.9. The lowest BCUT2D eigenvalue weighted by Gasteiger charge is -2.30. The number of nitrogens with zero attached hydrogens (tertiary/aromatic N) is 3. The van der Waals surface area contributed by atoms with E-state index < -0.39 is 34.0 Å². The molecule has 1 spiro atoms. The second-order valence-electron chi connectivity index (χ2n) is 6.08. The van der Waals surface area contributed by atoms with Gasteiger partial charge in [-0.3, -0.25) is 14.3 Å². The van der Waals surface area contributed by atoms with Gasteiger partial charge in [-0.05, 0) is 19.3 Å². The van der Waals surface area contributed by atoms with Crippen molar-refractivity contribution in [2.75, 3.05) is 5.73 Å². The fraction of sp³-hybridized carbons (Fsp3) is 0.615. The minimum absolute atomic E-state index is 0.0436. The molecule has 0 aromatic carbocycles.